The molecular formula is C26H33N5O2. The van der Waals surface area contributed by atoms with Gasteiger partial charge in [-0.25, -0.2) is 0 Å². The second kappa shape index (κ2) is 7.86. The minimum absolute atomic E-state index is 0.0182. The number of nitrogens with zero attached hydrogens (tertiary/aromatic N) is 3. The molecule has 0 radical (unpaired) electrons. The van der Waals surface area contributed by atoms with Crippen molar-refractivity contribution in [1.29, 1.82) is 5.26 Å². The second-order valence-electron chi connectivity index (χ2n) is 11.1. The van der Waals surface area contributed by atoms with E-state index in [0.717, 1.165) is 37.7 Å². The quantitative estimate of drug-likeness (QED) is 0.411. The van der Waals surface area contributed by atoms with E-state index < -0.39 is 5.41 Å². The molecule has 4 saturated carbocycles. The SMILES string of the molecule is Cc1ccccc1CN1CCC(C)(/C(=N\C#N)NC2C3CC4CC2CC(C(N)=O)(C4)C3)C1=O. The molecule has 1 heterocycles. The van der Waals surface area contributed by atoms with Gasteiger partial charge in [-0.3, -0.25) is 9.59 Å². The van der Waals surface area contributed by atoms with Gasteiger partial charge in [0.05, 0.1) is 0 Å². The molecule has 3 N–H and O–H groups in total. The summed E-state index contributed by atoms with van der Waals surface area (Å²) in [7, 11) is 0. The van der Waals surface area contributed by atoms with Crippen molar-refractivity contribution < 1.29 is 9.59 Å². The number of carbonyl (C=O) groups is 2. The number of likely N-dealkylation sites (tertiary alicyclic amines) is 1. The summed E-state index contributed by atoms with van der Waals surface area (Å²) in [5, 5.41) is 13.1. The largest absolute Gasteiger partial charge is 0.369 e. The Morgan fingerprint density at radius 3 is 2.61 bits per heavy atom. The average Bonchev–Trinajstić information content (AvgIpc) is 3.06. The van der Waals surface area contributed by atoms with Crippen LogP contribution in [-0.4, -0.2) is 35.1 Å². The second-order valence-corrected chi connectivity index (χ2v) is 11.1. The Balaban J connectivity index is 1.35. The lowest BCUT2D eigenvalue weighted by atomic mass is 9.47. The molecule has 4 bridgehead atoms. The molecule has 6 rings (SSSR count). The number of carbonyl (C=O) groups excluding carboxylic acids is 2. The molecule has 1 aromatic carbocycles. The highest BCUT2D eigenvalue weighted by Gasteiger charge is 2.59. The molecular weight excluding hydrogens is 414 g/mol. The summed E-state index contributed by atoms with van der Waals surface area (Å²) in [4.78, 5) is 31.9. The molecule has 1 saturated heterocycles. The van der Waals surface area contributed by atoms with Crippen LogP contribution in [0.5, 0.6) is 0 Å². The normalized spacial score (nSPS) is 37.3. The molecule has 174 valence electrons. The zero-order valence-corrected chi connectivity index (χ0v) is 19.5. The Labute approximate surface area is 195 Å². The van der Waals surface area contributed by atoms with Crippen LogP contribution in [0.4, 0.5) is 0 Å². The van der Waals surface area contributed by atoms with Crippen LogP contribution < -0.4 is 11.1 Å². The number of aryl methyl sites for hydroxylation is 1. The number of benzene rings is 1. The van der Waals surface area contributed by atoms with Crippen molar-refractivity contribution in [3.63, 3.8) is 0 Å². The lowest BCUT2D eigenvalue weighted by Crippen LogP contribution is -2.63. The fraction of sp³-hybridized carbons (Fsp3) is 0.615. The van der Waals surface area contributed by atoms with Gasteiger partial charge in [-0.1, -0.05) is 24.3 Å². The van der Waals surface area contributed by atoms with Crippen LogP contribution in [0.2, 0.25) is 0 Å². The Hall–Kier alpha value is -2.88. The molecule has 1 aromatic rings. The minimum Gasteiger partial charge on any atom is -0.369 e. The number of hydrogen-bond donors (Lipinski definition) is 2. The third kappa shape index (κ3) is 3.51. The first-order valence-electron chi connectivity index (χ1n) is 12.1. The fourth-order valence-electron chi connectivity index (χ4n) is 7.36. The van der Waals surface area contributed by atoms with Gasteiger partial charge < -0.3 is 16.0 Å². The first-order chi connectivity index (χ1) is 15.8. The summed E-state index contributed by atoms with van der Waals surface area (Å²) in [5.74, 6) is 1.57. The smallest absolute Gasteiger partial charge is 0.236 e. The van der Waals surface area contributed by atoms with E-state index in [1.54, 1.807) is 0 Å². The fourth-order valence-corrected chi connectivity index (χ4v) is 7.36. The van der Waals surface area contributed by atoms with E-state index in [-0.39, 0.29) is 23.3 Å². The first kappa shape index (κ1) is 21.9. The number of aliphatic imine (C=N–C) groups is 1. The number of nitrogens with two attached hydrogens (primary N) is 1. The molecule has 4 aliphatic carbocycles. The van der Waals surface area contributed by atoms with Crippen LogP contribution in [0, 0.1) is 47.0 Å². The van der Waals surface area contributed by atoms with E-state index in [0.29, 0.717) is 43.1 Å². The van der Waals surface area contributed by atoms with Gasteiger partial charge in [0.15, 0.2) is 0 Å². The number of rotatable bonds is 5. The Morgan fingerprint density at radius 1 is 1.27 bits per heavy atom. The van der Waals surface area contributed by atoms with Gasteiger partial charge in [-0.05, 0) is 81.3 Å². The number of nitriles is 1. The monoisotopic (exact) mass is 447 g/mol. The van der Waals surface area contributed by atoms with Crippen molar-refractivity contribution in [2.24, 2.45) is 39.3 Å². The Morgan fingerprint density at radius 2 is 1.97 bits per heavy atom. The van der Waals surface area contributed by atoms with Gasteiger partial charge >= 0.3 is 0 Å². The molecule has 33 heavy (non-hydrogen) atoms. The predicted molar refractivity (Wildman–Crippen MR) is 124 cm³/mol. The van der Waals surface area contributed by atoms with Crippen LogP contribution in [0.25, 0.3) is 0 Å². The van der Waals surface area contributed by atoms with Crippen molar-refractivity contribution in [3.05, 3.63) is 35.4 Å². The highest BCUT2D eigenvalue weighted by Crippen LogP contribution is 2.60. The summed E-state index contributed by atoms with van der Waals surface area (Å²) >= 11 is 0. The lowest BCUT2D eigenvalue weighted by Gasteiger charge is -2.59. The van der Waals surface area contributed by atoms with E-state index in [4.69, 9.17) is 5.73 Å². The van der Waals surface area contributed by atoms with Gasteiger partial charge in [-0.2, -0.15) is 10.3 Å². The van der Waals surface area contributed by atoms with Crippen molar-refractivity contribution in [3.8, 4) is 6.19 Å². The number of amidine groups is 1. The molecule has 5 aliphatic rings. The molecule has 3 atom stereocenters. The minimum atomic E-state index is -0.839. The zero-order chi connectivity index (χ0) is 23.4. The van der Waals surface area contributed by atoms with Crippen molar-refractivity contribution in [1.82, 2.24) is 10.2 Å². The van der Waals surface area contributed by atoms with Gasteiger partial charge in [0.25, 0.3) is 0 Å². The summed E-state index contributed by atoms with van der Waals surface area (Å²) in [6, 6.07) is 8.26. The van der Waals surface area contributed by atoms with Crippen molar-refractivity contribution in [2.45, 2.75) is 65.0 Å². The van der Waals surface area contributed by atoms with Crippen LogP contribution in [0.3, 0.4) is 0 Å². The summed E-state index contributed by atoms with van der Waals surface area (Å²) in [6.07, 6.45) is 7.25. The van der Waals surface area contributed by atoms with Crippen LogP contribution in [-0.2, 0) is 16.1 Å². The van der Waals surface area contributed by atoms with E-state index in [9.17, 15) is 14.9 Å². The zero-order valence-electron chi connectivity index (χ0n) is 19.5. The highest BCUT2D eigenvalue weighted by molar-refractivity contribution is 6.09. The van der Waals surface area contributed by atoms with E-state index in [1.165, 1.54) is 5.56 Å². The van der Waals surface area contributed by atoms with Crippen molar-refractivity contribution >= 4 is 17.6 Å². The van der Waals surface area contributed by atoms with E-state index in [2.05, 4.69) is 29.4 Å². The average molecular weight is 448 g/mol. The van der Waals surface area contributed by atoms with Gasteiger partial charge in [0.1, 0.15) is 11.3 Å². The summed E-state index contributed by atoms with van der Waals surface area (Å²) in [5.41, 5.74) is 6.94. The van der Waals surface area contributed by atoms with E-state index in [1.807, 2.05) is 30.1 Å². The van der Waals surface area contributed by atoms with E-state index >= 15 is 0 Å². The molecule has 2 amide bonds. The molecule has 1 aliphatic heterocycles. The Kier molecular flexibility index (Phi) is 5.23. The number of hydrogen-bond acceptors (Lipinski definition) is 4. The Bertz CT molecular complexity index is 1040. The number of amides is 2. The van der Waals surface area contributed by atoms with Gasteiger partial charge in [0.2, 0.25) is 18.0 Å². The lowest BCUT2D eigenvalue weighted by molar-refractivity contribution is -0.145. The first-order valence-corrected chi connectivity index (χ1v) is 12.1. The summed E-state index contributed by atoms with van der Waals surface area (Å²) in [6.45, 7) is 5.18. The van der Waals surface area contributed by atoms with Crippen molar-refractivity contribution in [2.75, 3.05) is 6.54 Å². The van der Waals surface area contributed by atoms with Crippen LogP contribution >= 0.6 is 0 Å². The topological polar surface area (TPSA) is 112 Å². The highest BCUT2D eigenvalue weighted by atomic mass is 16.2. The molecule has 7 nitrogen and oxygen atoms in total. The maximum absolute atomic E-state index is 13.6. The number of primary amides is 1. The molecule has 0 aromatic heterocycles. The maximum Gasteiger partial charge on any atom is 0.236 e. The molecule has 3 unspecified atom stereocenters. The predicted octanol–water partition coefficient (Wildman–Crippen LogP) is 2.88. The van der Waals surface area contributed by atoms with Gasteiger partial charge in [0, 0.05) is 24.5 Å². The van der Waals surface area contributed by atoms with Gasteiger partial charge in [-0.15, -0.1) is 0 Å². The summed E-state index contributed by atoms with van der Waals surface area (Å²) < 4.78 is 0. The molecule has 7 heteroatoms. The molecule has 5 fully saturated rings. The third-order valence-corrected chi connectivity index (χ3v) is 9.05. The standard InChI is InChI=1S/C26H33N5O2/c1-16-5-3-4-6-18(16)14-31-8-7-25(2,24(31)33)23(29-15-27)30-21-19-9-17-10-20(21)13-26(11-17,12-19)22(28)32/h3-6,17,19-21H,7-14H2,1-2H3,(H2,28,32)(H,29,30). The number of nitrogens with one attached hydrogen (secondary N) is 1. The molecule has 0 spiro atoms. The maximum atomic E-state index is 13.6. The van der Waals surface area contributed by atoms with Crippen LogP contribution in [0.1, 0.15) is 56.6 Å². The van der Waals surface area contributed by atoms with Crippen LogP contribution in [0.15, 0.2) is 29.3 Å². The third-order valence-electron chi connectivity index (χ3n) is 9.05.